The van der Waals surface area contributed by atoms with Crippen molar-refractivity contribution in [3.63, 3.8) is 0 Å². The summed E-state index contributed by atoms with van der Waals surface area (Å²) in [5.41, 5.74) is 2.17. The first-order chi connectivity index (χ1) is 17.6. The summed E-state index contributed by atoms with van der Waals surface area (Å²) in [5, 5.41) is 12.8. The second kappa shape index (κ2) is 12.9. The molecule has 0 aliphatic carbocycles. The van der Waals surface area contributed by atoms with Gasteiger partial charge >= 0.3 is 0 Å². The summed E-state index contributed by atoms with van der Waals surface area (Å²) in [7, 11) is 0. The van der Waals surface area contributed by atoms with Crippen LogP contribution in [0.2, 0.25) is 5.02 Å². The Hall–Kier alpha value is -3.64. The fraction of sp³-hybridized carbons (Fsp3) is 0.296. The minimum atomic E-state index is -0.323. The molecule has 1 amide bonds. The highest BCUT2D eigenvalue weighted by atomic mass is 35.5. The van der Waals surface area contributed by atoms with Crippen LogP contribution in [0.4, 0.5) is 5.82 Å². The number of ether oxygens (including phenoxy) is 3. The molecule has 1 aliphatic rings. The zero-order valence-electron chi connectivity index (χ0n) is 19.7. The van der Waals surface area contributed by atoms with Gasteiger partial charge in [0, 0.05) is 30.4 Å². The smallest absolute Gasteiger partial charge is 0.249 e. The monoisotopic (exact) mass is 506 g/mol. The quantitative estimate of drug-likeness (QED) is 0.306. The molecule has 0 spiro atoms. The molecule has 1 fully saturated rings. The van der Waals surface area contributed by atoms with E-state index in [0.717, 1.165) is 37.0 Å². The third-order valence-corrected chi connectivity index (χ3v) is 5.71. The van der Waals surface area contributed by atoms with Gasteiger partial charge in [-0.15, -0.1) is 0 Å². The number of nitrogens with zero attached hydrogens (tertiary/aromatic N) is 3. The SMILES string of the molecule is N#Cc1ccc(/C=C/C(=O)Nc2cn(Cc3cccc(Cl)c3)cn2)cc1OCCOC1CCCCO1. The van der Waals surface area contributed by atoms with Gasteiger partial charge in [-0.25, -0.2) is 4.98 Å². The summed E-state index contributed by atoms with van der Waals surface area (Å²) < 4.78 is 18.8. The number of anilines is 1. The van der Waals surface area contributed by atoms with E-state index in [-0.39, 0.29) is 12.2 Å². The molecule has 1 atom stereocenters. The number of nitrogens with one attached hydrogen (secondary N) is 1. The maximum absolute atomic E-state index is 12.4. The van der Waals surface area contributed by atoms with Crippen LogP contribution in [0.25, 0.3) is 6.08 Å². The first kappa shape index (κ1) is 25.5. The Morgan fingerprint density at radius 2 is 2.19 bits per heavy atom. The molecule has 2 aromatic carbocycles. The highest BCUT2D eigenvalue weighted by Gasteiger charge is 2.14. The summed E-state index contributed by atoms with van der Waals surface area (Å²) in [6, 6.07) is 14.8. The van der Waals surface area contributed by atoms with Crippen molar-refractivity contribution in [2.24, 2.45) is 0 Å². The third-order valence-electron chi connectivity index (χ3n) is 5.47. The van der Waals surface area contributed by atoms with E-state index in [1.807, 2.05) is 28.8 Å². The molecule has 4 rings (SSSR count). The molecule has 0 radical (unpaired) electrons. The molecule has 186 valence electrons. The van der Waals surface area contributed by atoms with E-state index in [2.05, 4.69) is 16.4 Å². The third kappa shape index (κ3) is 7.68. The van der Waals surface area contributed by atoms with Crippen molar-refractivity contribution in [3.05, 3.63) is 82.8 Å². The van der Waals surface area contributed by atoms with Crippen molar-refractivity contribution in [2.45, 2.75) is 32.1 Å². The fourth-order valence-corrected chi connectivity index (χ4v) is 3.94. The van der Waals surface area contributed by atoms with Crippen molar-refractivity contribution in [1.29, 1.82) is 5.26 Å². The summed E-state index contributed by atoms with van der Waals surface area (Å²) in [6.07, 6.45) is 9.31. The molecule has 0 bridgehead atoms. The minimum Gasteiger partial charge on any atom is -0.490 e. The van der Waals surface area contributed by atoms with Crippen LogP contribution in [-0.4, -0.2) is 41.6 Å². The number of benzene rings is 2. The lowest BCUT2D eigenvalue weighted by atomic mass is 10.1. The highest BCUT2D eigenvalue weighted by Crippen LogP contribution is 2.21. The van der Waals surface area contributed by atoms with Crippen LogP contribution in [0.5, 0.6) is 5.75 Å². The van der Waals surface area contributed by atoms with Crippen molar-refractivity contribution >= 4 is 29.4 Å². The van der Waals surface area contributed by atoms with Crippen LogP contribution in [-0.2, 0) is 20.8 Å². The molecule has 1 unspecified atom stereocenters. The first-order valence-corrected chi connectivity index (χ1v) is 12.1. The Kier molecular flexibility index (Phi) is 9.11. The number of rotatable bonds is 10. The minimum absolute atomic E-state index is 0.186. The Bertz CT molecular complexity index is 1240. The Labute approximate surface area is 215 Å². The van der Waals surface area contributed by atoms with Crippen molar-refractivity contribution in [1.82, 2.24) is 9.55 Å². The van der Waals surface area contributed by atoms with Crippen molar-refractivity contribution in [3.8, 4) is 11.8 Å². The van der Waals surface area contributed by atoms with Crippen LogP contribution in [0.3, 0.4) is 0 Å². The van der Waals surface area contributed by atoms with Crippen LogP contribution < -0.4 is 10.1 Å². The summed E-state index contributed by atoms with van der Waals surface area (Å²) in [6.45, 7) is 1.96. The van der Waals surface area contributed by atoms with Gasteiger partial charge in [0.15, 0.2) is 12.1 Å². The van der Waals surface area contributed by atoms with Gasteiger partial charge in [0.2, 0.25) is 5.91 Å². The average molecular weight is 507 g/mol. The number of halogens is 1. The number of imidazole rings is 1. The second-order valence-electron chi connectivity index (χ2n) is 8.27. The lowest BCUT2D eigenvalue weighted by Gasteiger charge is -2.22. The highest BCUT2D eigenvalue weighted by molar-refractivity contribution is 6.30. The topological polar surface area (TPSA) is 98.4 Å². The van der Waals surface area contributed by atoms with Crippen LogP contribution in [0, 0.1) is 11.3 Å². The van der Waals surface area contributed by atoms with Crippen LogP contribution in [0.1, 0.15) is 36.0 Å². The van der Waals surface area contributed by atoms with Crippen LogP contribution >= 0.6 is 11.6 Å². The van der Waals surface area contributed by atoms with Gasteiger partial charge in [0.1, 0.15) is 18.4 Å². The molecule has 8 nitrogen and oxygen atoms in total. The fourth-order valence-electron chi connectivity index (χ4n) is 3.73. The molecule has 1 N–H and O–H groups in total. The predicted octanol–water partition coefficient (Wildman–Crippen LogP) is 5.03. The summed E-state index contributed by atoms with van der Waals surface area (Å²) in [4.78, 5) is 16.6. The number of nitriles is 1. The maximum atomic E-state index is 12.4. The van der Waals surface area contributed by atoms with Gasteiger partial charge in [0.25, 0.3) is 0 Å². The average Bonchev–Trinajstić information content (AvgIpc) is 3.32. The lowest BCUT2D eigenvalue weighted by Crippen LogP contribution is -2.24. The molecule has 36 heavy (non-hydrogen) atoms. The van der Waals surface area contributed by atoms with E-state index < -0.39 is 0 Å². The van der Waals surface area contributed by atoms with Gasteiger partial charge in [0.05, 0.1) is 18.5 Å². The molecule has 9 heteroatoms. The first-order valence-electron chi connectivity index (χ1n) is 11.7. The molecule has 0 saturated carbocycles. The number of carbonyl (C=O) groups excluding carboxylic acids is 1. The lowest BCUT2D eigenvalue weighted by molar-refractivity contribution is -0.165. The van der Waals surface area contributed by atoms with Gasteiger partial charge in [-0.05, 0) is 60.7 Å². The summed E-state index contributed by atoms with van der Waals surface area (Å²) >= 11 is 6.03. The normalized spacial score (nSPS) is 15.5. The Balaban J connectivity index is 1.28. The molecular weight excluding hydrogens is 480 g/mol. The Morgan fingerprint density at radius 3 is 3.00 bits per heavy atom. The van der Waals surface area contributed by atoms with Crippen molar-refractivity contribution in [2.75, 3.05) is 25.1 Å². The van der Waals surface area contributed by atoms with E-state index in [4.69, 9.17) is 25.8 Å². The summed E-state index contributed by atoms with van der Waals surface area (Å²) in [5.74, 6) is 0.557. The molecule has 3 aromatic rings. The standard InChI is InChI=1S/C27H27ClN4O4/c28-23-5-3-4-21(14-23)17-32-18-25(30-19-32)31-26(33)10-8-20-7-9-22(16-29)24(15-20)34-12-13-36-27-6-1-2-11-35-27/h3-5,7-10,14-15,18-19,27H,1-2,6,11-13,17H2,(H,31,33)/b10-8+. The molecule has 2 heterocycles. The molecule has 1 saturated heterocycles. The molecular formula is C27H27ClN4O4. The van der Waals surface area contributed by atoms with E-state index in [0.29, 0.717) is 41.9 Å². The van der Waals surface area contributed by atoms with E-state index in [9.17, 15) is 10.1 Å². The Morgan fingerprint density at radius 1 is 1.28 bits per heavy atom. The van der Waals surface area contributed by atoms with Gasteiger partial charge in [-0.3, -0.25) is 4.79 Å². The zero-order chi connectivity index (χ0) is 25.2. The number of hydrogen-bond acceptors (Lipinski definition) is 6. The second-order valence-corrected chi connectivity index (χ2v) is 8.70. The number of carbonyl (C=O) groups is 1. The number of hydrogen-bond donors (Lipinski definition) is 1. The zero-order valence-corrected chi connectivity index (χ0v) is 20.5. The molecule has 1 aliphatic heterocycles. The van der Waals surface area contributed by atoms with E-state index in [1.165, 1.54) is 6.08 Å². The van der Waals surface area contributed by atoms with Gasteiger partial charge < -0.3 is 24.1 Å². The largest absolute Gasteiger partial charge is 0.490 e. The van der Waals surface area contributed by atoms with Crippen molar-refractivity contribution < 1.29 is 19.0 Å². The molecule has 1 aromatic heterocycles. The number of amides is 1. The van der Waals surface area contributed by atoms with E-state index >= 15 is 0 Å². The van der Waals surface area contributed by atoms with Gasteiger partial charge in [-0.1, -0.05) is 29.8 Å². The maximum Gasteiger partial charge on any atom is 0.249 e. The number of aromatic nitrogens is 2. The predicted molar refractivity (Wildman–Crippen MR) is 137 cm³/mol. The van der Waals surface area contributed by atoms with Gasteiger partial charge in [-0.2, -0.15) is 5.26 Å². The van der Waals surface area contributed by atoms with E-state index in [1.54, 1.807) is 36.8 Å². The van der Waals surface area contributed by atoms with Crippen LogP contribution in [0.15, 0.2) is 61.1 Å².